The number of alkyl carbamates (subject to hydrolysis) is 1. The molecule has 0 aromatic heterocycles. The standard InChI is InChI=1S/C27H24FNO3/c1-18(30)19-13-14-26(28)20(16-19)8-6-7-15-29-27(31)32-17-25-23-11-4-2-9-21(23)22-10-3-5-12-24(22)25/h2-6,8-14,16,25H,7,15,17H2,1H3,(H,29,31). The monoisotopic (exact) mass is 429 g/mol. The third-order valence-corrected chi connectivity index (χ3v) is 5.62. The number of benzene rings is 3. The molecule has 1 aliphatic carbocycles. The van der Waals surface area contributed by atoms with Crippen molar-refractivity contribution < 1.29 is 18.7 Å². The van der Waals surface area contributed by atoms with E-state index in [9.17, 15) is 14.0 Å². The second-order valence-electron chi connectivity index (χ2n) is 7.74. The molecule has 0 bridgehead atoms. The van der Waals surface area contributed by atoms with Crippen LogP contribution in [0.2, 0.25) is 0 Å². The molecule has 0 atom stereocenters. The Labute approximate surface area is 186 Å². The zero-order chi connectivity index (χ0) is 22.5. The lowest BCUT2D eigenvalue weighted by atomic mass is 9.98. The number of rotatable bonds is 7. The Balaban J connectivity index is 1.28. The van der Waals surface area contributed by atoms with E-state index in [-0.39, 0.29) is 18.3 Å². The summed E-state index contributed by atoms with van der Waals surface area (Å²) < 4.78 is 19.4. The second kappa shape index (κ2) is 9.60. The fourth-order valence-corrected chi connectivity index (χ4v) is 4.01. The van der Waals surface area contributed by atoms with Crippen LogP contribution in [0.4, 0.5) is 9.18 Å². The highest BCUT2D eigenvalue weighted by molar-refractivity contribution is 5.94. The van der Waals surface area contributed by atoms with E-state index < -0.39 is 11.9 Å². The van der Waals surface area contributed by atoms with Gasteiger partial charge < -0.3 is 10.1 Å². The van der Waals surface area contributed by atoms with Crippen LogP contribution in [-0.4, -0.2) is 25.0 Å². The number of hydrogen-bond donors (Lipinski definition) is 1. The minimum absolute atomic E-state index is 0.0181. The van der Waals surface area contributed by atoms with Gasteiger partial charge in [0.25, 0.3) is 0 Å². The smallest absolute Gasteiger partial charge is 0.407 e. The summed E-state index contributed by atoms with van der Waals surface area (Å²) in [5.74, 6) is -0.489. The maximum Gasteiger partial charge on any atom is 0.407 e. The Bertz CT molecular complexity index is 1140. The number of carbonyl (C=O) groups excluding carboxylic acids is 2. The summed E-state index contributed by atoms with van der Waals surface area (Å²) >= 11 is 0. The van der Waals surface area contributed by atoms with Gasteiger partial charge in [-0.3, -0.25) is 4.79 Å². The van der Waals surface area contributed by atoms with Gasteiger partial charge in [0.15, 0.2) is 5.78 Å². The van der Waals surface area contributed by atoms with Crippen molar-refractivity contribution in [3.63, 3.8) is 0 Å². The minimum atomic E-state index is -0.481. The maximum absolute atomic E-state index is 13.9. The van der Waals surface area contributed by atoms with Crippen LogP contribution in [0.25, 0.3) is 17.2 Å². The molecule has 1 aliphatic rings. The summed E-state index contributed by atoms with van der Waals surface area (Å²) in [6.07, 6.45) is 3.39. The van der Waals surface area contributed by atoms with Gasteiger partial charge in [0, 0.05) is 23.6 Å². The van der Waals surface area contributed by atoms with Crippen molar-refractivity contribution >= 4 is 18.0 Å². The average Bonchev–Trinajstić information content (AvgIpc) is 3.12. The number of amides is 1. The van der Waals surface area contributed by atoms with Crippen molar-refractivity contribution in [2.45, 2.75) is 19.3 Å². The van der Waals surface area contributed by atoms with Gasteiger partial charge in [-0.2, -0.15) is 0 Å². The molecular weight excluding hydrogens is 405 g/mol. The predicted molar refractivity (Wildman–Crippen MR) is 123 cm³/mol. The van der Waals surface area contributed by atoms with Crippen molar-refractivity contribution in [1.82, 2.24) is 5.32 Å². The molecule has 0 saturated heterocycles. The van der Waals surface area contributed by atoms with Gasteiger partial charge in [-0.05, 0) is 53.8 Å². The molecule has 32 heavy (non-hydrogen) atoms. The van der Waals surface area contributed by atoms with Gasteiger partial charge in [-0.25, -0.2) is 9.18 Å². The number of ketones is 1. The lowest BCUT2D eigenvalue weighted by Crippen LogP contribution is -2.26. The second-order valence-corrected chi connectivity index (χ2v) is 7.74. The number of fused-ring (bicyclic) bond motifs is 3. The Morgan fingerprint density at radius 3 is 2.31 bits per heavy atom. The van der Waals surface area contributed by atoms with Crippen LogP contribution >= 0.6 is 0 Å². The Morgan fingerprint density at radius 1 is 1.00 bits per heavy atom. The fraction of sp³-hybridized carbons (Fsp3) is 0.185. The highest BCUT2D eigenvalue weighted by Crippen LogP contribution is 2.44. The van der Waals surface area contributed by atoms with E-state index in [2.05, 4.69) is 29.6 Å². The molecule has 4 nitrogen and oxygen atoms in total. The summed E-state index contributed by atoms with van der Waals surface area (Å²) in [5.41, 5.74) is 5.51. The van der Waals surface area contributed by atoms with E-state index in [0.717, 1.165) is 0 Å². The van der Waals surface area contributed by atoms with Crippen LogP contribution in [0.3, 0.4) is 0 Å². The van der Waals surface area contributed by atoms with Crippen LogP contribution < -0.4 is 5.32 Å². The van der Waals surface area contributed by atoms with E-state index in [1.807, 2.05) is 24.3 Å². The first kappa shape index (κ1) is 21.5. The molecule has 5 heteroatoms. The molecule has 162 valence electrons. The fourth-order valence-electron chi connectivity index (χ4n) is 4.01. The molecule has 0 unspecified atom stereocenters. The SMILES string of the molecule is CC(=O)c1ccc(F)c(C=CCCNC(=O)OCC2c3ccccc3-c3ccccc32)c1. The largest absolute Gasteiger partial charge is 0.449 e. The van der Waals surface area contributed by atoms with Gasteiger partial charge in [0.1, 0.15) is 12.4 Å². The first-order chi connectivity index (χ1) is 15.5. The molecule has 0 saturated carbocycles. The summed E-state index contributed by atoms with van der Waals surface area (Å²) in [6, 6.07) is 20.6. The third-order valence-electron chi connectivity index (χ3n) is 5.62. The van der Waals surface area contributed by atoms with Gasteiger partial charge >= 0.3 is 6.09 Å². The molecule has 3 aromatic rings. The zero-order valence-electron chi connectivity index (χ0n) is 17.8. The van der Waals surface area contributed by atoms with Gasteiger partial charge in [-0.15, -0.1) is 0 Å². The normalized spacial score (nSPS) is 12.4. The molecule has 3 aromatic carbocycles. The van der Waals surface area contributed by atoms with E-state index in [0.29, 0.717) is 24.1 Å². The Kier molecular flexibility index (Phi) is 6.45. The highest BCUT2D eigenvalue weighted by atomic mass is 19.1. The number of hydrogen-bond acceptors (Lipinski definition) is 3. The van der Waals surface area contributed by atoms with Crippen LogP contribution in [-0.2, 0) is 4.74 Å². The summed E-state index contributed by atoms with van der Waals surface area (Å²) in [5, 5.41) is 2.72. The van der Waals surface area contributed by atoms with E-state index in [1.54, 1.807) is 12.2 Å². The van der Waals surface area contributed by atoms with Crippen LogP contribution in [0.15, 0.2) is 72.8 Å². The Hall–Kier alpha value is -3.73. The van der Waals surface area contributed by atoms with Gasteiger partial charge in [0.2, 0.25) is 0 Å². The van der Waals surface area contributed by atoms with Crippen molar-refractivity contribution in [2.75, 3.05) is 13.2 Å². The first-order valence-electron chi connectivity index (χ1n) is 10.6. The van der Waals surface area contributed by atoms with Crippen molar-refractivity contribution in [3.05, 3.63) is 101 Å². The molecule has 0 fully saturated rings. The van der Waals surface area contributed by atoms with Gasteiger partial charge in [-0.1, -0.05) is 60.7 Å². The van der Waals surface area contributed by atoms with E-state index in [4.69, 9.17) is 4.74 Å². The predicted octanol–water partition coefficient (Wildman–Crippen LogP) is 5.97. The van der Waals surface area contributed by atoms with Crippen LogP contribution in [0.5, 0.6) is 0 Å². The molecule has 0 heterocycles. The molecule has 1 N–H and O–H groups in total. The van der Waals surface area contributed by atoms with Crippen molar-refractivity contribution in [1.29, 1.82) is 0 Å². The summed E-state index contributed by atoms with van der Waals surface area (Å²) in [4.78, 5) is 23.6. The highest BCUT2D eigenvalue weighted by Gasteiger charge is 2.28. The van der Waals surface area contributed by atoms with E-state index in [1.165, 1.54) is 47.4 Å². The third kappa shape index (κ3) is 4.62. The lowest BCUT2D eigenvalue weighted by molar-refractivity contribution is 0.101. The number of nitrogens with one attached hydrogen (secondary N) is 1. The maximum atomic E-state index is 13.9. The lowest BCUT2D eigenvalue weighted by Gasteiger charge is -2.14. The van der Waals surface area contributed by atoms with E-state index >= 15 is 0 Å². The molecular formula is C27H24FNO3. The Morgan fingerprint density at radius 2 is 1.66 bits per heavy atom. The average molecular weight is 429 g/mol. The number of ether oxygens (including phenoxy) is 1. The zero-order valence-corrected chi connectivity index (χ0v) is 17.8. The molecule has 1 amide bonds. The first-order valence-corrected chi connectivity index (χ1v) is 10.6. The molecule has 4 rings (SSSR count). The minimum Gasteiger partial charge on any atom is -0.449 e. The summed E-state index contributed by atoms with van der Waals surface area (Å²) in [7, 11) is 0. The quantitative estimate of drug-likeness (QED) is 0.372. The topological polar surface area (TPSA) is 55.4 Å². The number of carbonyl (C=O) groups is 2. The van der Waals surface area contributed by atoms with Crippen LogP contribution in [0.1, 0.15) is 46.3 Å². The molecule has 0 radical (unpaired) electrons. The van der Waals surface area contributed by atoms with Crippen molar-refractivity contribution in [3.8, 4) is 11.1 Å². The van der Waals surface area contributed by atoms with Crippen LogP contribution in [0, 0.1) is 5.82 Å². The number of halogens is 1. The number of Topliss-reactive ketones (excluding diaryl/α,β-unsaturated/α-hetero) is 1. The molecule has 0 aliphatic heterocycles. The summed E-state index contributed by atoms with van der Waals surface area (Å²) in [6.45, 7) is 2.07. The van der Waals surface area contributed by atoms with Gasteiger partial charge in [0.05, 0.1) is 0 Å². The molecule has 0 spiro atoms. The van der Waals surface area contributed by atoms with Crippen molar-refractivity contribution in [2.24, 2.45) is 0 Å².